The summed E-state index contributed by atoms with van der Waals surface area (Å²) in [6, 6.07) is 8.32. The summed E-state index contributed by atoms with van der Waals surface area (Å²) in [5, 5.41) is 13.4. The van der Waals surface area contributed by atoms with E-state index < -0.39 is 5.97 Å². The van der Waals surface area contributed by atoms with Gasteiger partial charge in [0.05, 0.1) is 5.39 Å². The number of nitrogens with one attached hydrogen (secondary N) is 1. The Morgan fingerprint density at radius 3 is 2.58 bits per heavy atom. The lowest BCUT2D eigenvalue weighted by molar-refractivity contribution is 0.0701. The lowest BCUT2D eigenvalue weighted by atomic mass is 10.1. The number of hydrogen-bond donors (Lipinski definition) is 2. The fraction of sp³-hybridized carbons (Fsp3) is 0.316. The molecule has 0 amide bonds. The Kier molecular flexibility index (Phi) is 4.46. The molecule has 0 aliphatic carbocycles. The number of anilines is 3. The number of hydrogen-bond acceptors (Lipinski definition) is 6. The van der Waals surface area contributed by atoms with Crippen LogP contribution >= 0.6 is 11.3 Å². The van der Waals surface area contributed by atoms with E-state index in [1.165, 1.54) is 42.6 Å². The molecule has 2 N–H and O–H groups in total. The number of rotatable bonds is 4. The first-order valence-corrected chi connectivity index (χ1v) is 9.54. The van der Waals surface area contributed by atoms with Gasteiger partial charge in [0.15, 0.2) is 0 Å². The lowest BCUT2D eigenvalue weighted by Crippen LogP contribution is -2.29. The first kappa shape index (κ1) is 16.8. The highest BCUT2D eigenvalue weighted by Crippen LogP contribution is 2.34. The molecule has 0 atom stereocenters. The van der Waals surface area contributed by atoms with Crippen LogP contribution in [0.4, 0.5) is 17.2 Å². The molecule has 1 aliphatic rings. The van der Waals surface area contributed by atoms with Crippen LogP contribution in [0.25, 0.3) is 10.2 Å². The minimum Gasteiger partial charge on any atom is -0.477 e. The van der Waals surface area contributed by atoms with Crippen LogP contribution in [-0.2, 0) is 0 Å². The number of carbonyl (C=O) groups is 1. The van der Waals surface area contributed by atoms with Gasteiger partial charge < -0.3 is 15.3 Å². The molecular formula is C19H20N4O2S. The fourth-order valence-corrected chi connectivity index (χ4v) is 4.40. The number of nitrogens with zero attached hydrogens (tertiary/aromatic N) is 3. The van der Waals surface area contributed by atoms with Crippen LogP contribution in [0.5, 0.6) is 0 Å². The molecule has 6 nitrogen and oxygen atoms in total. The third-order valence-electron chi connectivity index (χ3n) is 4.77. The third kappa shape index (κ3) is 3.10. The van der Waals surface area contributed by atoms with E-state index >= 15 is 0 Å². The molecule has 134 valence electrons. The molecule has 0 unspecified atom stereocenters. The van der Waals surface area contributed by atoms with Crippen molar-refractivity contribution in [2.45, 2.75) is 26.2 Å². The Morgan fingerprint density at radius 2 is 1.88 bits per heavy atom. The zero-order valence-electron chi connectivity index (χ0n) is 14.5. The summed E-state index contributed by atoms with van der Waals surface area (Å²) in [5.41, 5.74) is 2.86. The Morgan fingerprint density at radius 1 is 1.15 bits per heavy atom. The Bertz CT molecular complexity index is 946. The van der Waals surface area contributed by atoms with E-state index in [1.54, 1.807) is 6.92 Å². The van der Waals surface area contributed by atoms with E-state index in [0.717, 1.165) is 24.2 Å². The second kappa shape index (κ2) is 6.92. The smallest absolute Gasteiger partial charge is 0.346 e. The van der Waals surface area contributed by atoms with Crippen LogP contribution in [-0.4, -0.2) is 34.1 Å². The van der Waals surface area contributed by atoms with Crippen molar-refractivity contribution < 1.29 is 9.90 Å². The van der Waals surface area contributed by atoms with Gasteiger partial charge in [-0.3, -0.25) is 0 Å². The van der Waals surface area contributed by atoms with E-state index in [1.807, 2.05) is 12.1 Å². The summed E-state index contributed by atoms with van der Waals surface area (Å²) in [4.78, 5) is 23.3. The number of piperidine rings is 1. The maximum atomic E-state index is 11.4. The molecule has 3 heterocycles. The largest absolute Gasteiger partial charge is 0.477 e. The number of benzene rings is 1. The molecule has 2 aromatic heterocycles. The zero-order chi connectivity index (χ0) is 18.1. The molecule has 0 radical (unpaired) electrons. The van der Waals surface area contributed by atoms with E-state index in [2.05, 4.69) is 32.3 Å². The number of aromatic carboxylic acids is 1. The summed E-state index contributed by atoms with van der Waals surface area (Å²) in [7, 11) is 0. The van der Waals surface area contributed by atoms with E-state index in [0.29, 0.717) is 21.1 Å². The van der Waals surface area contributed by atoms with Crippen LogP contribution in [0, 0.1) is 6.92 Å². The van der Waals surface area contributed by atoms with Crippen LogP contribution in [0.3, 0.4) is 0 Å². The van der Waals surface area contributed by atoms with E-state index in [-0.39, 0.29) is 0 Å². The van der Waals surface area contributed by atoms with Crippen LogP contribution in [0.15, 0.2) is 30.6 Å². The summed E-state index contributed by atoms with van der Waals surface area (Å²) >= 11 is 1.18. The number of fused-ring (bicyclic) bond motifs is 1. The monoisotopic (exact) mass is 368 g/mol. The van der Waals surface area contributed by atoms with Crippen molar-refractivity contribution in [2.75, 3.05) is 23.3 Å². The van der Waals surface area contributed by atoms with Crippen molar-refractivity contribution in [3.63, 3.8) is 0 Å². The number of aromatic nitrogens is 2. The Hall–Kier alpha value is -2.67. The first-order valence-electron chi connectivity index (χ1n) is 8.73. The minimum atomic E-state index is -0.928. The van der Waals surface area contributed by atoms with Gasteiger partial charge in [0.25, 0.3) is 0 Å². The molecule has 1 saturated heterocycles. The lowest BCUT2D eigenvalue weighted by Gasteiger charge is -2.28. The average Bonchev–Trinajstić information content (AvgIpc) is 3.01. The first-order chi connectivity index (χ1) is 12.6. The maximum absolute atomic E-state index is 11.4. The molecule has 7 heteroatoms. The van der Waals surface area contributed by atoms with Gasteiger partial charge in [-0.05, 0) is 56.0 Å². The number of carboxylic acids is 1. The highest BCUT2D eigenvalue weighted by atomic mass is 32.1. The Balaban J connectivity index is 1.62. The van der Waals surface area contributed by atoms with Crippen molar-refractivity contribution in [3.8, 4) is 0 Å². The molecule has 0 spiro atoms. The van der Waals surface area contributed by atoms with Gasteiger partial charge in [0.2, 0.25) is 0 Å². The van der Waals surface area contributed by atoms with Crippen LogP contribution in [0.1, 0.15) is 34.5 Å². The predicted octanol–water partition coefficient (Wildman–Crippen LogP) is 4.43. The standard InChI is InChI=1S/C19H20N4O2S/c1-12-15-17(20-11-21-18(15)26-16(12)19(24)25)22-13-5-7-14(8-6-13)23-9-3-2-4-10-23/h5-8,11H,2-4,9-10H2,1H3,(H,24,25)(H,20,21,22). The highest BCUT2D eigenvalue weighted by Gasteiger charge is 2.18. The van der Waals surface area contributed by atoms with Gasteiger partial charge in [-0.2, -0.15) is 0 Å². The van der Waals surface area contributed by atoms with Crippen LogP contribution < -0.4 is 10.2 Å². The van der Waals surface area contributed by atoms with Crippen LogP contribution in [0.2, 0.25) is 0 Å². The highest BCUT2D eigenvalue weighted by molar-refractivity contribution is 7.20. The number of thiophene rings is 1. The molecule has 0 bridgehead atoms. The van der Waals surface area contributed by atoms with E-state index in [9.17, 15) is 9.90 Å². The average molecular weight is 368 g/mol. The molecule has 3 aromatic rings. The van der Waals surface area contributed by atoms with Crippen molar-refractivity contribution >= 4 is 44.7 Å². The molecule has 26 heavy (non-hydrogen) atoms. The fourth-order valence-electron chi connectivity index (χ4n) is 3.41. The van der Waals surface area contributed by atoms with Crippen molar-refractivity contribution in [1.29, 1.82) is 0 Å². The normalized spacial score (nSPS) is 14.6. The summed E-state index contributed by atoms with van der Waals surface area (Å²) < 4.78 is 0. The Labute approximate surface area is 155 Å². The predicted molar refractivity (Wildman–Crippen MR) is 105 cm³/mol. The maximum Gasteiger partial charge on any atom is 0.346 e. The second-order valence-corrected chi connectivity index (χ2v) is 7.48. The number of carboxylic acid groups (broad SMARTS) is 1. The van der Waals surface area contributed by atoms with Gasteiger partial charge >= 0.3 is 5.97 Å². The van der Waals surface area contributed by atoms with Crippen molar-refractivity contribution in [3.05, 3.63) is 41.0 Å². The van der Waals surface area contributed by atoms with Gasteiger partial charge in [-0.25, -0.2) is 14.8 Å². The molecule has 1 aromatic carbocycles. The quantitative estimate of drug-likeness (QED) is 0.709. The van der Waals surface area contributed by atoms with Gasteiger partial charge in [0, 0.05) is 24.5 Å². The summed E-state index contributed by atoms with van der Waals surface area (Å²) in [6.07, 6.45) is 5.29. The molecule has 1 aliphatic heterocycles. The number of aryl methyl sites for hydroxylation is 1. The van der Waals surface area contributed by atoms with E-state index in [4.69, 9.17) is 0 Å². The molecule has 4 rings (SSSR count). The summed E-state index contributed by atoms with van der Waals surface area (Å²) in [6.45, 7) is 4.03. The molecule has 0 saturated carbocycles. The van der Waals surface area contributed by atoms with Gasteiger partial charge in [-0.15, -0.1) is 11.3 Å². The molecule has 1 fully saturated rings. The topological polar surface area (TPSA) is 78.3 Å². The van der Waals surface area contributed by atoms with Gasteiger partial charge in [-0.1, -0.05) is 0 Å². The van der Waals surface area contributed by atoms with Crippen molar-refractivity contribution in [2.24, 2.45) is 0 Å². The zero-order valence-corrected chi connectivity index (χ0v) is 15.3. The third-order valence-corrected chi connectivity index (χ3v) is 5.96. The second-order valence-electron chi connectivity index (χ2n) is 6.48. The van der Waals surface area contributed by atoms with Crippen molar-refractivity contribution in [1.82, 2.24) is 9.97 Å². The van der Waals surface area contributed by atoms with Gasteiger partial charge in [0.1, 0.15) is 21.9 Å². The molecular weight excluding hydrogens is 348 g/mol. The SMILES string of the molecule is Cc1c(C(=O)O)sc2ncnc(Nc3ccc(N4CCCCC4)cc3)c12. The summed E-state index contributed by atoms with van der Waals surface area (Å²) in [5.74, 6) is -0.288. The minimum absolute atomic E-state index is 0.309.